The summed E-state index contributed by atoms with van der Waals surface area (Å²) in [5, 5.41) is 3.68. The average molecular weight is 215 g/mol. The summed E-state index contributed by atoms with van der Waals surface area (Å²) >= 11 is 0. The first-order chi connectivity index (χ1) is 7.75. The van der Waals surface area contributed by atoms with Crippen LogP contribution in [0.4, 0.5) is 0 Å². The highest BCUT2D eigenvalue weighted by Gasteiger charge is 2.12. The van der Waals surface area contributed by atoms with Crippen molar-refractivity contribution >= 4 is 0 Å². The van der Waals surface area contributed by atoms with Crippen LogP contribution in [0.2, 0.25) is 0 Å². The normalized spacial score (nSPS) is 22.0. The summed E-state index contributed by atoms with van der Waals surface area (Å²) in [6, 6.07) is 9.76. The Balaban J connectivity index is 1.99. The second-order valence-corrected chi connectivity index (χ2v) is 4.77. The van der Waals surface area contributed by atoms with Gasteiger partial charge in [-0.25, -0.2) is 0 Å². The minimum atomic E-state index is 0.438. The Kier molecular flexibility index (Phi) is 3.79. The lowest BCUT2D eigenvalue weighted by Crippen LogP contribution is -2.30. The SMILES string of the molecule is Cc1cccc([C@H](C)NC2C=CCCC2)c1. The molecule has 1 aliphatic carbocycles. The van der Waals surface area contributed by atoms with E-state index in [-0.39, 0.29) is 0 Å². The molecule has 1 unspecified atom stereocenters. The van der Waals surface area contributed by atoms with Crippen LogP contribution >= 0.6 is 0 Å². The largest absolute Gasteiger partial charge is 0.304 e. The van der Waals surface area contributed by atoms with E-state index in [9.17, 15) is 0 Å². The summed E-state index contributed by atoms with van der Waals surface area (Å²) in [7, 11) is 0. The molecule has 16 heavy (non-hydrogen) atoms. The summed E-state index contributed by atoms with van der Waals surface area (Å²) < 4.78 is 0. The molecule has 0 spiro atoms. The molecule has 0 fully saturated rings. The molecule has 1 aromatic carbocycles. The van der Waals surface area contributed by atoms with Gasteiger partial charge in [0, 0.05) is 12.1 Å². The van der Waals surface area contributed by atoms with E-state index in [1.54, 1.807) is 0 Å². The van der Waals surface area contributed by atoms with E-state index in [1.807, 2.05) is 0 Å². The van der Waals surface area contributed by atoms with Crippen LogP contribution in [0.5, 0.6) is 0 Å². The molecule has 2 rings (SSSR count). The summed E-state index contributed by atoms with van der Waals surface area (Å²) in [4.78, 5) is 0. The number of hydrogen-bond donors (Lipinski definition) is 1. The van der Waals surface area contributed by atoms with Gasteiger partial charge < -0.3 is 5.32 Å². The molecule has 1 aromatic rings. The molecule has 1 nitrogen and oxygen atoms in total. The molecular formula is C15H21N. The van der Waals surface area contributed by atoms with Crippen molar-refractivity contribution in [1.29, 1.82) is 0 Å². The molecule has 0 bridgehead atoms. The van der Waals surface area contributed by atoms with Crippen LogP contribution in [0.25, 0.3) is 0 Å². The van der Waals surface area contributed by atoms with Crippen molar-refractivity contribution < 1.29 is 0 Å². The molecule has 0 saturated heterocycles. The molecular weight excluding hydrogens is 194 g/mol. The molecule has 1 heteroatoms. The van der Waals surface area contributed by atoms with Gasteiger partial charge in [-0.2, -0.15) is 0 Å². The number of allylic oxidation sites excluding steroid dienone is 1. The first-order valence-corrected chi connectivity index (χ1v) is 6.25. The maximum Gasteiger partial charge on any atom is 0.0297 e. The van der Waals surface area contributed by atoms with Crippen LogP contribution in [0.15, 0.2) is 36.4 Å². The lowest BCUT2D eigenvalue weighted by Gasteiger charge is -2.23. The third kappa shape index (κ3) is 2.96. The van der Waals surface area contributed by atoms with Crippen LogP contribution in [-0.2, 0) is 0 Å². The highest BCUT2D eigenvalue weighted by molar-refractivity contribution is 5.25. The smallest absolute Gasteiger partial charge is 0.0297 e. The molecule has 0 amide bonds. The molecule has 0 aliphatic heterocycles. The van der Waals surface area contributed by atoms with Gasteiger partial charge in [0.2, 0.25) is 0 Å². The Morgan fingerprint density at radius 1 is 1.38 bits per heavy atom. The van der Waals surface area contributed by atoms with Crippen LogP contribution in [0.1, 0.15) is 43.4 Å². The highest BCUT2D eigenvalue weighted by Crippen LogP contribution is 2.18. The lowest BCUT2D eigenvalue weighted by molar-refractivity contribution is 0.467. The predicted octanol–water partition coefficient (Wildman–Crippen LogP) is 3.75. The van der Waals surface area contributed by atoms with E-state index < -0.39 is 0 Å². The average Bonchev–Trinajstić information content (AvgIpc) is 2.30. The first-order valence-electron chi connectivity index (χ1n) is 6.25. The van der Waals surface area contributed by atoms with Crippen LogP contribution in [0, 0.1) is 6.92 Å². The summed E-state index contributed by atoms with van der Waals surface area (Å²) in [6.45, 7) is 4.40. The maximum atomic E-state index is 3.68. The van der Waals surface area contributed by atoms with Gasteiger partial charge in [0.25, 0.3) is 0 Å². The van der Waals surface area contributed by atoms with E-state index in [0.29, 0.717) is 12.1 Å². The molecule has 0 saturated carbocycles. The van der Waals surface area contributed by atoms with Crippen molar-refractivity contribution in [3.05, 3.63) is 47.5 Å². The fourth-order valence-corrected chi connectivity index (χ4v) is 2.31. The second-order valence-electron chi connectivity index (χ2n) is 4.77. The Bertz CT molecular complexity index is 367. The van der Waals surface area contributed by atoms with Crippen LogP contribution in [0.3, 0.4) is 0 Å². The van der Waals surface area contributed by atoms with Crippen molar-refractivity contribution in [1.82, 2.24) is 5.32 Å². The minimum Gasteiger partial charge on any atom is -0.304 e. The molecule has 2 atom stereocenters. The zero-order chi connectivity index (χ0) is 11.4. The van der Waals surface area contributed by atoms with E-state index in [0.717, 1.165) is 0 Å². The van der Waals surface area contributed by atoms with Crippen molar-refractivity contribution in [2.24, 2.45) is 0 Å². The van der Waals surface area contributed by atoms with Crippen LogP contribution < -0.4 is 5.32 Å². The van der Waals surface area contributed by atoms with E-state index in [2.05, 4.69) is 55.6 Å². The fourth-order valence-electron chi connectivity index (χ4n) is 2.31. The zero-order valence-electron chi connectivity index (χ0n) is 10.2. The Morgan fingerprint density at radius 3 is 2.94 bits per heavy atom. The molecule has 0 heterocycles. The Hall–Kier alpha value is -1.08. The van der Waals surface area contributed by atoms with Crippen LogP contribution in [-0.4, -0.2) is 6.04 Å². The van der Waals surface area contributed by atoms with Crippen molar-refractivity contribution in [2.75, 3.05) is 0 Å². The first kappa shape index (κ1) is 11.4. The minimum absolute atomic E-state index is 0.438. The van der Waals surface area contributed by atoms with Gasteiger partial charge in [-0.15, -0.1) is 0 Å². The third-order valence-corrected chi connectivity index (χ3v) is 3.26. The van der Waals surface area contributed by atoms with E-state index in [1.165, 1.54) is 30.4 Å². The van der Waals surface area contributed by atoms with Crippen molar-refractivity contribution in [2.45, 2.75) is 45.2 Å². The molecule has 1 aliphatic rings. The number of aryl methyl sites for hydroxylation is 1. The Morgan fingerprint density at radius 2 is 2.25 bits per heavy atom. The van der Waals surface area contributed by atoms with Gasteiger partial charge in [-0.1, -0.05) is 42.0 Å². The molecule has 1 N–H and O–H groups in total. The lowest BCUT2D eigenvalue weighted by atomic mass is 10.00. The number of rotatable bonds is 3. The maximum absolute atomic E-state index is 3.68. The Labute approximate surface area is 98.6 Å². The number of benzene rings is 1. The van der Waals surface area contributed by atoms with E-state index >= 15 is 0 Å². The number of hydrogen-bond acceptors (Lipinski definition) is 1. The summed E-state index contributed by atoms with van der Waals surface area (Å²) in [6.07, 6.45) is 8.44. The van der Waals surface area contributed by atoms with Gasteiger partial charge in [-0.05, 0) is 38.7 Å². The standard InChI is InChI=1S/C15H21N/c1-12-7-6-8-14(11-12)13(2)16-15-9-4-3-5-10-15/h4,6-9,11,13,15-16H,3,5,10H2,1-2H3/t13-,15?/m0/s1. The fraction of sp³-hybridized carbons (Fsp3) is 0.467. The monoisotopic (exact) mass is 215 g/mol. The second kappa shape index (κ2) is 5.31. The third-order valence-electron chi connectivity index (χ3n) is 3.26. The van der Waals surface area contributed by atoms with Gasteiger partial charge in [-0.3, -0.25) is 0 Å². The summed E-state index contributed by atoms with van der Waals surface area (Å²) in [5.74, 6) is 0. The van der Waals surface area contributed by atoms with Crippen molar-refractivity contribution in [3.63, 3.8) is 0 Å². The topological polar surface area (TPSA) is 12.0 Å². The van der Waals surface area contributed by atoms with Crippen molar-refractivity contribution in [3.8, 4) is 0 Å². The summed E-state index contributed by atoms with van der Waals surface area (Å²) in [5.41, 5.74) is 2.73. The zero-order valence-corrected chi connectivity index (χ0v) is 10.2. The predicted molar refractivity (Wildman–Crippen MR) is 69.5 cm³/mol. The van der Waals surface area contributed by atoms with Gasteiger partial charge >= 0.3 is 0 Å². The molecule has 0 radical (unpaired) electrons. The highest BCUT2D eigenvalue weighted by atomic mass is 14.9. The van der Waals surface area contributed by atoms with Gasteiger partial charge in [0.1, 0.15) is 0 Å². The number of nitrogens with one attached hydrogen (secondary N) is 1. The quantitative estimate of drug-likeness (QED) is 0.757. The molecule has 0 aromatic heterocycles. The van der Waals surface area contributed by atoms with Gasteiger partial charge in [0.05, 0.1) is 0 Å². The van der Waals surface area contributed by atoms with E-state index in [4.69, 9.17) is 0 Å². The van der Waals surface area contributed by atoms with Gasteiger partial charge in [0.15, 0.2) is 0 Å². The molecule has 86 valence electrons.